The largest absolute Gasteiger partial charge is 0.432 e. The molecule has 1 atom stereocenters. The molecule has 122 valence electrons. The van der Waals surface area contributed by atoms with E-state index in [4.69, 9.17) is 0 Å². The number of hydrogen-bond donors (Lipinski definition) is 1. The molecule has 0 spiro atoms. The van der Waals surface area contributed by atoms with E-state index in [0.717, 1.165) is 21.8 Å². The van der Waals surface area contributed by atoms with E-state index in [1.165, 1.54) is 6.20 Å². The summed E-state index contributed by atoms with van der Waals surface area (Å²) in [7, 11) is -2.21. The van der Waals surface area contributed by atoms with E-state index in [1.807, 2.05) is 23.9 Å². The summed E-state index contributed by atoms with van der Waals surface area (Å²) < 4.78 is 17.2. The van der Waals surface area contributed by atoms with Gasteiger partial charge in [-0.25, -0.2) is 4.39 Å². The van der Waals surface area contributed by atoms with Gasteiger partial charge >= 0.3 is 0 Å². The van der Waals surface area contributed by atoms with E-state index in [0.29, 0.717) is 5.52 Å². The summed E-state index contributed by atoms with van der Waals surface area (Å²) in [5.74, 6) is -0.275. The van der Waals surface area contributed by atoms with Gasteiger partial charge in [-0.15, -0.1) is 0 Å². The standard InChI is InChI=1S/C16H24FIN2OSi/c1-11(6-7-16(2,3)22(4,5)21)20-10-14(18)12-8-19-9-13(17)15(12)20/h8-11,21H,6-7H2,1-5H3. The molecule has 0 amide bonds. The predicted molar refractivity (Wildman–Crippen MR) is 100 cm³/mol. The highest BCUT2D eigenvalue weighted by Crippen LogP contribution is 2.41. The first-order valence-electron chi connectivity index (χ1n) is 7.56. The zero-order valence-corrected chi connectivity index (χ0v) is 17.0. The van der Waals surface area contributed by atoms with Crippen molar-refractivity contribution in [1.29, 1.82) is 0 Å². The van der Waals surface area contributed by atoms with Crippen LogP contribution in [0, 0.1) is 9.39 Å². The van der Waals surface area contributed by atoms with Crippen LogP contribution in [0.15, 0.2) is 18.6 Å². The molecule has 3 nitrogen and oxygen atoms in total. The van der Waals surface area contributed by atoms with Crippen molar-refractivity contribution in [3.63, 3.8) is 0 Å². The maximum atomic E-state index is 14.2. The van der Waals surface area contributed by atoms with Gasteiger partial charge in [-0.3, -0.25) is 4.98 Å². The van der Waals surface area contributed by atoms with Crippen LogP contribution in [0.25, 0.3) is 10.9 Å². The maximum absolute atomic E-state index is 14.2. The van der Waals surface area contributed by atoms with Crippen molar-refractivity contribution in [2.45, 2.75) is 57.8 Å². The molecule has 0 aliphatic heterocycles. The first-order chi connectivity index (χ1) is 10.0. The second-order valence-electron chi connectivity index (χ2n) is 7.23. The van der Waals surface area contributed by atoms with Gasteiger partial charge in [-0.2, -0.15) is 0 Å². The van der Waals surface area contributed by atoms with Gasteiger partial charge in [0, 0.05) is 27.4 Å². The molecule has 1 unspecified atom stereocenters. The highest BCUT2D eigenvalue weighted by molar-refractivity contribution is 14.1. The summed E-state index contributed by atoms with van der Waals surface area (Å²) in [5.41, 5.74) is 0.630. The zero-order valence-electron chi connectivity index (χ0n) is 13.8. The Kier molecular flexibility index (Phi) is 5.04. The third-order valence-corrected chi connectivity index (χ3v) is 9.38. The van der Waals surface area contributed by atoms with Crippen LogP contribution in [0.5, 0.6) is 0 Å². The van der Waals surface area contributed by atoms with Crippen molar-refractivity contribution in [2.75, 3.05) is 0 Å². The molecule has 0 aromatic carbocycles. The number of hydrogen-bond acceptors (Lipinski definition) is 2. The quantitative estimate of drug-likeness (QED) is 0.525. The molecule has 0 saturated carbocycles. The van der Waals surface area contributed by atoms with Crippen LogP contribution in [0.2, 0.25) is 18.1 Å². The van der Waals surface area contributed by atoms with E-state index >= 15 is 0 Å². The first-order valence-corrected chi connectivity index (χ1v) is 11.6. The minimum Gasteiger partial charge on any atom is -0.432 e. The van der Waals surface area contributed by atoms with Crippen LogP contribution in [-0.2, 0) is 0 Å². The van der Waals surface area contributed by atoms with Gasteiger partial charge < -0.3 is 9.36 Å². The van der Waals surface area contributed by atoms with Crippen LogP contribution in [0.4, 0.5) is 4.39 Å². The minimum absolute atomic E-state index is 0.0581. The zero-order chi connectivity index (χ0) is 16.7. The van der Waals surface area contributed by atoms with E-state index < -0.39 is 8.32 Å². The van der Waals surface area contributed by atoms with Crippen LogP contribution in [-0.4, -0.2) is 22.7 Å². The van der Waals surface area contributed by atoms with Crippen LogP contribution in [0.3, 0.4) is 0 Å². The van der Waals surface area contributed by atoms with Gasteiger partial charge in [0.05, 0.1) is 11.7 Å². The lowest BCUT2D eigenvalue weighted by atomic mass is 10.0. The van der Waals surface area contributed by atoms with E-state index in [1.54, 1.807) is 6.20 Å². The van der Waals surface area contributed by atoms with Crippen molar-refractivity contribution in [3.05, 3.63) is 28.0 Å². The Morgan fingerprint density at radius 1 is 1.41 bits per heavy atom. The topological polar surface area (TPSA) is 38.0 Å². The molecule has 2 heterocycles. The summed E-state index contributed by atoms with van der Waals surface area (Å²) in [6.45, 7) is 10.3. The number of pyridine rings is 1. The number of fused-ring (bicyclic) bond motifs is 1. The summed E-state index contributed by atoms with van der Waals surface area (Å²) in [6, 6.07) is 0.179. The molecule has 2 aromatic rings. The lowest BCUT2D eigenvalue weighted by molar-refractivity contribution is 0.404. The average molecular weight is 434 g/mol. The second-order valence-corrected chi connectivity index (χ2v) is 12.9. The third kappa shape index (κ3) is 3.38. The molecule has 6 heteroatoms. The molecule has 0 saturated heterocycles. The fraction of sp³-hybridized carbons (Fsp3) is 0.562. The molecule has 2 aromatic heterocycles. The Morgan fingerprint density at radius 3 is 2.64 bits per heavy atom. The van der Waals surface area contributed by atoms with Gasteiger partial charge in [0.1, 0.15) is 0 Å². The number of rotatable bonds is 5. The van der Waals surface area contributed by atoms with E-state index in [9.17, 15) is 9.19 Å². The number of aromatic nitrogens is 2. The van der Waals surface area contributed by atoms with Gasteiger partial charge in [0.2, 0.25) is 0 Å². The molecule has 2 rings (SSSR count). The van der Waals surface area contributed by atoms with Gasteiger partial charge in [0.15, 0.2) is 14.1 Å². The van der Waals surface area contributed by atoms with Crippen molar-refractivity contribution >= 4 is 41.8 Å². The lowest BCUT2D eigenvalue weighted by Gasteiger charge is -2.36. The van der Waals surface area contributed by atoms with E-state index in [-0.39, 0.29) is 16.9 Å². The summed E-state index contributed by atoms with van der Waals surface area (Å²) in [6.07, 6.45) is 6.82. The van der Waals surface area contributed by atoms with E-state index in [2.05, 4.69) is 48.3 Å². The van der Waals surface area contributed by atoms with Crippen LogP contribution in [0.1, 0.15) is 39.7 Å². The highest BCUT2D eigenvalue weighted by atomic mass is 127. The molecular weight excluding hydrogens is 410 g/mol. The SMILES string of the molecule is CC(CCC(C)(C)[Si](C)(C)O)n1cc(I)c2cncc(F)c21. The second kappa shape index (κ2) is 6.20. The lowest BCUT2D eigenvalue weighted by Crippen LogP contribution is -2.39. The Labute approximate surface area is 146 Å². The number of halogens is 2. The molecule has 22 heavy (non-hydrogen) atoms. The molecule has 0 radical (unpaired) electrons. The fourth-order valence-electron chi connectivity index (χ4n) is 2.48. The normalized spacial score (nSPS) is 14.5. The Morgan fingerprint density at radius 2 is 2.05 bits per heavy atom. The summed E-state index contributed by atoms with van der Waals surface area (Å²) >= 11 is 2.23. The Hall–Kier alpha value is -0.473. The Bertz CT molecular complexity index is 679. The third-order valence-electron chi connectivity index (χ3n) is 4.96. The molecular formula is C16H24FIN2OSi. The monoisotopic (exact) mass is 434 g/mol. The molecule has 1 N–H and O–H groups in total. The summed E-state index contributed by atoms with van der Waals surface area (Å²) in [5, 5.41) is 0.806. The van der Waals surface area contributed by atoms with Crippen molar-refractivity contribution in [1.82, 2.24) is 9.55 Å². The number of nitrogens with zero attached hydrogens (tertiary/aromatic N) is 2. The molecule has 0 aliphatic rings. The average Bonchev–Trinajstić information content (AvgIpc) is 2.74. The summed E-state index contributed by atoms with van der Waals surface area (Å²) in [4.78, 5) is 14.4. The van der Waals surface area contributed by atoms with Crippen molar-refractivity contribution in [3.8, 4) is 0 Å². The molecule has 0 fully saturated rings. The first kappa shape index (κ1) is 17.9. The molecule has 0 aliphatic carbocycles. The molecule has 0 bridgehead atoms. The Balaban J connectivity index is 2.26. The minimum atomic E-state index is -2.21. The maximum Gasteiger partial charge on any atom is 0.188 e. The highest BCUT2D eigenvalue weighted by Gasteiger charge is 2.37. The van der Waals surface area contributed by atoms with Crippen LogP contribution >= 0.6 is 22.6 Å². The van der Waals surface area contributed by atoms with Gasteiger partial charge in [-0.05, 0) is 60.5 Å². The van der Waals surface area contributed by atoms with Gasteiger partial charge in [0.25, 0.3) is 0 Å². The van der Waals surface area contributed by atoms with Gasteiger partial charge in [-0.1, -0.05) is 13.8 Å². The smallest absolute Gasteiger partial charge is 0.188 e. The van der Waals surface area contributed by atoms with Crippen molar-refractivity contribution in [2.24, 2.45) is 0 Å². The predicted octanol–water partition coefficient (Wildman–Crippen LogP) is 5.10. The fourth-order valence-corrected chi connectivity index (χ4v) is 3.93. The van der Waals surface area contributed by atoms with Crippen molar-refractivity contribution < 1.29 is 9.19 Å². The van der Waals surface area contributed by atoms with Crippen LogP contribution < -0.4 is 0 Å².